The maximum atomic E-state index is 13.0. The van der Waals surface area contributed by atoms with Crippen LogP contribution >= 0.6 is 0 Å². The van der Waals surface area contributed by atoms with Crippen molar-refractivity contribution < 1.29 is 49.3 Å². The quantitative estimate of drug-likeness (QED) is 0.0149. The molecule has 7 unspecified atom stereocenters. The molecule has 1 amide bonds. The van der Waals surface area contributed by atoms with E-state index in [1.807, 2.05) is 19.1 Å². The van der Waals surface area contributed by atoms with E-state index < -0.39 is 49.5 Å². The molecule has 430 valence electrons. The second-order valence-electron chi connectivity index (χ2n) is 21.1. The molecule has 0 aromatic carbocycles. The zero-order valence-corrected chi connectivity index (χ0v) is 47.3. The van der Waals surface area contributed by atoms with Crippen LogP contribution in [0.4, 0.5) is 0 Å². The van der Waals surface area contributed by atoms with Crippen molar-refractivity contribution in [3.8, 4) is 0 Å². The van der Waals surface area contributed by atoms with Crippen LogP contribution in [0.5, 0.6) is 0 Å². The summed E-state index contributed by atoms with van der Waals surface area (Å²) in [5.74, 6) is -0.236. The van der Waals surface area contributed by atoms with E-state index in [1.165, 1.54) is 141 Å². The van der Waals surface area contributed by atoms with E-state index in [0.717, 1.165) is 89.9 Å². The zero-order valence-electron chi connectivity index (χ0n) is 47.3. The average Bonchev–Trinajstić information content (AvgIpc) is 3.40. The van der Waals surface area contributed by atoms with Crippen LogP contribution < -0.4 is 5.32 Å². The van der Waals surface area contributed by atoms with Gasteiger partial charge in [-0.05, 0) is 84.0 Å². The van der Waals surface area contributed by atoms with Crippen molar-refractivity contribution in [2.75, 3.05) is 19.8 Å². The maximum absolute atomic E-state index is 13.0. The first-order valence-corrected chi connectivity index (χ1v) is 30.5. The summed E-state index contributed by atoms with van der Waals surface area (Å²) in [6.45, 7) is 4.04. The second kappa shape index (κ2) is 52.4. The molecule has 1 aliphatic rings. The predicted molar refractivity (Wildman–Crippen MR) is 306 cm³/mol. The molecule has 0 saturated carbocycles. The van der Waals surface area contributed by atoms with Gasteiger partial charge in [-0.1, -0.05) is 228 Å². The first-order valence-electron chi connectivity index (χ1n) is 30.5. The van der Waals surface area contributed by atoms with Crippen LogP contribution in [0.2, 0.25) is 0 Å². The molecule has 0 radical (unpaired) electrons. The second-order valence-corrected chi connectivity index (χ2v) is 21.1. The van der Waals surface area contributed by atoms with Gasteiger partial charge in [-0.2, -0.15) is 0 Å². The van der Waals surface area contributed by atoms with Crippen molar-refractivity contribution in [2.24, 2.45) is 0 Å². The molecule has 0 aromatic rings. The number of nitrogens with one attached hydrogen (secondary N) is 1. The molecule has 1 rings (SSSR count). The fraction of sp³-hybridized carbons (Fsp3) is 0.810. The number of esters is 1. The summed E-state index contributed by atoms with van der Waals surface area (Å²) in [5.41, 5.74) is 0. The summed E-state index contributed by atoms with van der Waals surface area (Å²) in [7, 11) is 0. The van der Waals surface area contributed by atoms with Gasteiger partial charge in [0.15, 0.2) is 6.29 Å². The smallest absolute Gasteiger partial charge is 0.305 e. The van der Waals surface area contributed by atoms with Gasteiger partial charge in [0, 0.05) is 12.8 Å². The van der Waals surface area contributed by atoms with Gasteiger partial charge in [0.1, 0.15) is 24.4 Å². The Labute approximate surface area is 452 Å². The van der Waals surface area contributed by atoms with Gasteiger partial charge in [-0.3, -0.25) is 9.59 Å². The Bertz CT molecular complexity index is 1410. The molecular formula is C63H113NO10. The largest absolute Gasteiger partial charge is 0.466 e. The van der Waals surface area contributed by atoms with Crippen LogP contribution in [0, 0.1) is 0 Å². The Morgan fingerprint density at radius 2 is 0.973 bits per heavy atom. The maximum Gasteiger partial charge on any atom is 0.305 e. The average molecular weight is 1040 g/mol. The minimum Gasteiger partial charge on any atom is -0.466 e. The van der Waals surface area contributed by atoms with Crippen molar-refractivity contribution in [1.29, 1.82) is 0 Å². The Balaban J connectivity index is 2.03. The summed E-state index contributed by atoms with van der Waals surface area (Å²) >= 11 is 0. The fourth-order valence-electron chi connectivity index (χ4n) is 9.35. The van der Waals surface area contributed by atoms with Gasteiger partial charge in [0.25, 0.3) is 0 Å². The third-order valence-corrected chi connectivity index (χ3v) is 14.2. The molecule has 0 bridgehead atoms. The summed E-state index contributed by atoms with van der Waals surface area (Å²) in [6, 6.07) is -0.842. The molecule has 0 aliphatic carbocycles. The van der Waals surface area contributed by atoms with E-state index in [2.05, 4.69) is 54.8 Å². The highest BCUT2D eigenvalue weighted by Gasteiger charge is 2.44. The van der Waals surface area contributed by atoms with Gasteiger partial charge in [0.05, 0.1) is 32.0 Å². The van der Waals surface area contributed by atoms with E-state index in [-0.39, 0.29) is 18.5 Å². The summed E-state index contributed by atoms with van der Waals surface area (Å²) in [5, 5.41) is 54.1. The lowest BCUT2D eigenvalue weighted by molar-refractivity contribution is -0.302. The molecule has 11 heteroatoms. The Kier molecular flexibility index (Phi) is 49.1. The number of carbonyl (C=O) groups excluding carboxylic acids is 2. The number of aliphatic hydroxyl groups is 5. The summed E-state index contributed by atoms with van der Waals surface area (Å²) < 4.78 is 16.6. The minimum atomic E-state index is -1.58. The van der Waals surface area contributed by atoms with Crippen LogP contribution in [0.25, 0.3) is 0 Å². The van der Waals surface area contributed by atoms with E-state index in [9.17, 15) is 35.1 Å². The summed E-state index contributed by atoms with van der Waals surface area (Å²) in [6.07, 6.45) is 57.9. The number of unbranched alkanes of at least 4 members (excludes halogenated alkanes) is 32. The molecule has 1 heterocycles. The van der Waals surface area contributed by atoms with Crippen LogP contribution in [0.1, 0.15) is 264 Å². The topological polar surface area (TPSA) is 175 Å². The van der Waals surface area contributed by atoms with Gasteiger partial charge >= 0.3 is 5.97 Å². The Hall–Kier alpha value is -2.64. The molecule has 0 spiro atoms. The molecule has 6 N–H and O–H groups in total. The van der Waals surface area contributed by atoms with Crippen LogP contribution in [-0.4, -0.2) is 100 Å². The van der Waals surface area contributed by atoms with E-state index in [1.54, 1.807) is 6.08 Å². The van der Waals surface area contributed by atoms with Crippen molar-refractivity contribution in [1.82, 2.24) is 5.32 Å². The molecule has 1 fully saturated rings. The number of amides is 1. The zero-order chi connectivity index (χ0) is 53.8. The van der Waals surface area contributed by atoms with Crippen LogP contribution in [-0.2, 0) is 23.8 Å². The monoisotopic (exact) mass is 1040 g/mol. The number of rotatable bonds is 52. The molecule has 1 aliphatic heterocycles. The molecule has 11 nitrogen and oxygen atoms in total. The van der Waals surface area contributed by atoms with Gasteiger partial charge < -0.3 is 45.1 Å². The fourth-order valence-corrected chi connectivity index (χ4v) is 9.35. The highest BCUT2D eigenvalue weighted by Crippen LogP contribution is 2.23. The predicted octanol–water partition coefficient (Wildman–Crippen LogP) is 14.2. The Morgan fingerprint density at radius 1 is 0.527 bits per heavy atom. The number of ether oxygens (including phenoxy) is 3. The highest BCUT2D eigenvalue weighted by atomic mass is 16.7. The first kappa shape index (κ1) is 69.4. The van der Waals surface area contributed by atoms with E-state index >= 15 is 0 Å². The Morgan fingerprint density at radius 3 is 1.47 bits per heavy atom. The number of aliphatic hydroxyl groups excluding tert-OH is 5. The lowest BCUT2D eigenvalue weighted by atomic mass is 9.99. The number of hydrogen-bond acceptors (Lipinski definition) is 10. The molecular weight excluding hydrogens is 931 g/mol. The first-order chi connectivity index (χ1) is 36.2. The third-order valence-electron chi connectivity index (χ3n) is 14.2. The summed E-state index contributed by atoms with van der Waals surface area (Å²) in [4.78, 5) is 25.1. The van der Waals surface area contributed by atoms with Crippen molar-refractivity contribution in [3.05, 3.63) is 60.8 Å². The number of carbonyl (C=O) groups is 2. The van der Waals surface area contributed by atoms with Gasteiger partial charge in [0.2, 0.25) is 5.91 Å². The van der Waals surface area contributed by atoms with Crippen molar-refractivity contribution >= 4 is 11.9 Å². The van der Waals surface area contributed by atoms with Crippen LogP contribution in [0.15, 0.2) is 60.8 Å². The number of hydrogen-bond donors (Lipinski definition) is 6. The van der Waals surface area contributed by atoms with E-state index in [0.29, 0.717) is 25.9 Å². The third kappa shape index (κ3) is 41.5. The minimum absolute atomic E-state index is 0.0257. The molecule has 0 aromatic heterocycles. The molecule has 7 atom stereocenters. The molecule has 1 saturated heterocycles. The van der Waals surface area contributed by atoms with Crippen LogP contribution in [0.3, 0.4) is 0 Å². The lowest BCUT2D eigenvalue weighted by Crippen LogP contribution is -2.60. The van der Waals surface area contributed by atoms with Crippen molar-refractivity contribution in [2.45, 2.75) is 307 Å². The van der Waals surface area contributed by atoms with Gasteiger partial charge in [-0.25, -0.2) is 0 Å². The normalized spacial score (nSPS) is 19.3. The lowest BCUT2D eigenvalue weighted by Gasteiger charge is -2.40. The molecule has 74 heavy (non-hydrogen) atoms. The van der Waals surface area contributed by atoms with E-state index in [4.69, 9.17) is 14.2 Å². The highest BCUT2D eigenvalue weighted by molar-refractivity contribution is 5.76. The number of allylic oxidation sites excluding steroid dienone is 9. The van der Waals surface area contributed by atoms with Crippen molar-refractivity contribution in [3.63, 3.8) is 0 Å². The SMILES string of the molecule is C/C=C/CC/C=C/CC/C=C/C(O)C(COC1OC(CO)C(O)C(O)C1O)NC(=O)CCCCCCCCCCCC/C=C\C=C/CCCCCOC(=O)CCCCCCCCCCCCCCCCCCCC. The standard InChI is InChI=1S/C63H113NO10/c1-3-5-7-9-11-13-14-15-16-17-22-25-28-31-35-39-43-47-51-59(68)72-52-48-44-40-36-32-29-26-23-20-18-19-21-24-27-30-34-38-42-46-50-58(67)64-55(56(66)49-45-41-37-33-12-10-8-6-4-2)54-73-63-62(71)61(70)60(69)57(53-65)74-63/h4,6,12,23,26,29,32-33,45,49,55-57,60-63,65-66,69-71H,3,5,7-11,13-22,24-25,27-28,30-31,34-44,46-48,50-54H2,1-2H3,(H,64,67)/b6-4+,26-23-,32-29-,33-12+,49-45+. The van der Waals surface area contributed by atoms with Gasteiger partial charge in [-0.15, -0.1) is 0 Å².